The van der Waals surface area contributed by atoms with Crippen LogP contribution in [0.5, 0.6) is 5.75 Å². The van der Waals surface area contributed by atoms with E-state index < -0.39 is 54.0 Å². The number of hydrogen-bond acceptors (Lipinski definition) is 7. The van der Waals surface area contributed by atoms with Gasteiger partial charge in [0.2, 0.25) is 17.7 Å². The summed E-state index contributed by atoms with van der Waals surface area (Å²) in [6.07, 6.45) is 0.413. The predicted molar refractivity (Wildman–Crippen MR) is 167 cm³/mol. The van der Waals surface area contributed by atoms with E-state index in [1.165, 1.54) is 19.1 Å². The molecule has 236 valence electrons. The van der Waals surface area contributed by atoms with E-state index in [1.807, 2.05) is 24.3 Å². The van der Waals surface area contributed by atoms with Gasteiger partial charge in [0.15, 0.2) is 0 Å². The number of nitrogens with one attached hydrogen (secondary N) is 4. The van der Waals surface area contributed by atoms with Crippen LogP contribution < -0.4 is 21.7 Å². The number of H-pyrrole nitrogens is 1. The molecule has 0 aliphatic heterocycles. The number of carboxylic acid groups (broad SMARTS) is 1. The van der Waals surface area contributed by atoms with Crippen molar-refractivity contribution in [3.05, 3.63) is 102 Å². The number of carbonyl (C=O) groups excluding carboxylic acids is 3. The summed E-state index contributed by atoms with van der Waals surface area (Å²) in [7, 11) is 0. The van der Waals surface area contributed by atoms with Gasteiger partial charge in [-0.2, -0.15) is 0 Å². The minimum absolute atomic E-state index is 0.0445. The molecule has 4 aromatic rings. The third kappa shape index (κ3) is 8.91. The Kier molecular flexibility index (Phi) is 10.9. The predicted octanol–water partition coefficient (Wildman–Crippen LogP) is 1.15. The van der Waals surface area contributed by atoms with E-state index in [4.69, 9.17) is 5.73 Å². The average molecular weight is 616 g/mol. The zero-order valence-electron chi connectivity index (χ0n) is 24.6. The first-order valence-corrected chi connectivity index (χ1v) is 14.5. The van der Waals surface area contributed by atoms with Gasteiger partial charge in [-0.3, -0.25) is 14.4 Å². The molecule has 5 unspecified atom stereocenters. The molecule has 0 bridgehead atoms. The van der Waals surface area contributed by atoms with Crippen LogP contribution in [0, 0.1) is 0 Å². The second-order valence-electron chi connectivity index (χ2n) is 10.9. The van der Waals surface area contributed by atoms with Crippen molar-refractivity contribution in [1.82, 2.24) is 20.9 Å². The van der Waals surface area contributed by atoms with Crippen molar-refractivity contribution >= 4 is 34.6 Å². The zero-order valence-corrected chi connectivity index (χ0v) is 24.6. The van der Waals surface area contributed by atoms with Gasteiger partial charge in [0.1, 0.15) is 23.9 Å². The molecule has 3 amide bonds. The van der Waals surface area contributed by atoms with Gasteiger partial charge in [0, 0.05) is 29.9 Å². The minimum atomic E-state index is -1.52. The lowest BCUT2D eigenvalue weighted by Crippen LogP contribution is -2.60. The standard InChI is InChI=1S/C33H37N5O7/c1-19(39)29(32(43)37-28(33(44)45)17-22-18-35-26-10-6-5-9-24(22)26)38-31(42)27(16-20-7-3-2-4-8-20)36-30(41)25(34)15-21-11-13-23(40)14-12-21/h2-14,18-19,25,27-29,35,39-40H,15-17,34H2,1H3,(H,36,41)(H,37,43)(H,38,42)(H,44,45). The van der Waals surface area contributed by atoms with Gasteiger partial charge in [0.05, 0.1) is 12.1 Å². The van der Waals surface area contributed by atoms with E-state index in [1.54, 1.807) is 48.7 Å². The molecule has 0 saturated heterocycles. The first-order chi connectivity index (χ1) is 21.5. The summed E-state index contributed by atoms with van der Waals surface area (Å²) in [5.74, 6) is -3.52. The topological polar surface area (TPSA) is 207 Å². The highest BCUT2D eigenvalue weighted by Crippen LogP contribution is 2.19. The van der Waals surface area contributed by atoms with Crippen LogP contribution in [0.25, 0.3) is 10.9 Å². The number of aromatic nitrogens is 1. The molecular weight excluding hydrogens is 578 g/mol. The van der Waals surface area contributed by atoms with Gasteiger partial charge in [-0.05, 0) is 48.2 Å². The van der Waals surface area contributed by atoms with Gasteiger partial charge in [-0.1, -0.05) is 60.7 Å². The number of benzene rings is 3. The van der Waals surface area contributed by atoms with Crippen molar-refractivity contribution < 1.29 is 34.5 Å². The van der Waals surface area contributed by atoms with Gasteiger partial charge in [0.25, 0.3) is 0 Å². The maximum absolute atomic E-state index is 13.5. The second-order valence-corrected chi connectivity index (χ2v) is 10.9. The molecule has 1 aromatic heterocycles. The van der Waals surface area contributed by atoms with E-state index in [-0.39, 0.29) is 25.0 Å². The third-order valence-electron chi connectivity index (χ3n) is 7.42. The summed E-state index contributed by atoms with van der Waals surface area (Å²) in [6.45, 7) is 1.29. The Balaban J connectivity index is 1.47. The largest absolute Gasteiger partial charge is 0.508 e. The van der Waals surface area contributed by atoms with Gasteiger partial charge in [-0.25, -0.2) is 4.79 Å². The third-order valence-corrected chi connectivity index (χ3v) is 7.42. The molecule has 0 radical (unpaired) electrons. The van der Waals surface area contributed by atoms with Crippen LogP contribution in [-0.2, 0) is 38.4 Å². The number of nitrogens with two attached hydrogens (primary N) is 1. The SMILES string of the molecule is CC(O)C(NC(=O)C(Cc1ccccc1)NC(=O)C(N)Cc1ccc(O)cc1)C(=O)NC(Cc1c[nH]c2ccccc12)C(=O)O. The van der Waals surface area contributed by atoms with Crippen LogP contribution in [0.4, 0.5) is 0 Å². The molecule has 0 fully saturated rings. The summed E-state index contributed by atoms with van der Waals surface area (Å²) in [4.78, 5) is 55.1. The Morgan fingerprint density at radius 1 is 0.756 bits per heavy atom. The molecule has 45 heavy (non-hydrogen) atoms. The number of carbonyl (C=O) groups is 4. The van der Waals surface area contributed by atoms with E-state index in [2.05, 4.69) is 20.9 Å². The molecule has 3 aromatic carbocycles. The highest BCUT2D eigenvalue weighted by Gasteiger charge is 2.33. The molecule has 0 aliphatic carbocycles. The molecule has 0 spiro atoms. The summed E-state index contributed by atoms with van der Waals surface area (Å²) in [6, 6.07) is 17.3. The summed E-state index contributed by atoms with van der Waals surface area (Å²) < 4.78 is 0. The maximum atomic E-state index is 13.5. The Bertz CT molecular complexity index is 1620. The lowest BCUT2D eigenvalue weighted by atomic mass is 10.0. The lowest BCUT2D eigenvalue weighted by molar-refractivity contribution is -0.143. The van der Waals surface area contributed by atoms with Gasteiger partial charge in [-0.15, -0.1) is 0 Å². The molecule has 9 N–H and O–H groups in total. The molecular formula is C33H37N5O7. The van der Waals surface area contributed by atoms with Crippen LogP contribution in [0.2, 0.25) is 0 Å². The first-order valence-electron chi connectivity index (χ1n) is 14.5. The quantitative estimate of drug-likeness (QED) is 0.103. The van der Waals surface area contributed by atoms with Crippen LogP contribution in [-0.4, -0.2) is 74.3 Å². The zero-order chi connectivity index (χ0) is 32.5. The van der Waals surface area contributed by atoms with Crippen molar-refractivity contribution in [3.8, 4) is 5.75 Å². The normalized spacial score (nSPS) is 14.5. The van der Waals surface area contributed by atoms with Crippen molar-refractivity contribution in [3.63, 3.8) is 0 Å². The fourth-order valence-electron chi connectivity index (χ4n) is 4.96. The molecule has 0 saturated carbocycles. The highest BCUT2D eigenvalue weighted by molar-refractivity contribution is 5.95. The number of para-hydroxylation sites is 1. The number of aromatic hydroxyl groups is 1. The fourth-order valence-corrected chi connectivity index (χ4v) is 4.96. The number of phenols is 1. The number of fused-ring (bicyclic) bond motifs is 1. The van der Waals surface area contributed by atoms with Crippen molar-refractivity contribution in [1.29, 1.82) is 0 Å². The van der Waals surface area contributed by atoms with E-state index in [0.717, 1.165) is 10.9 Å². The fraction of sp³-hybridized carbons (Fsp3) is 0.273. The number of aliphatic hydroxyl groups excluding tert-OH is 1. The number of aliphatic hydroxyl groups is 1. The average Bonchev–Trinajstić information content (AvgIpc) is 3.43. The van der Waals surface area contributed by atoms with Crippen LogP contribution in [0.1, 0.15) is 23.6 Å². The van der Waals surface area contributed by atoms with Crippen molar-refractivity contribution in [2.24, 2.45) is 5.73 Å². The number of phenolic OH excluding ortho intramolecular Hbond substituents is 1. The van der Waals surface area contributed by atoms with Crippen LogP contribution in [0.3, 0.4) is 0 Å². The summed E-state index contributed by atoms with van der Waals surface area (Å²) in [5.41, 5.74) is 9.03. The first kappa shape index (κ1) is 32.7. The Labute approximate surface area is 259 Å². The van der Waals surface area contributed by atoms with Crippen molar-refractivity contribution in [2.75, 3.05) is 0 Å². The van der Waals surface area contributed by atoms with Crippen molar-refractivity contribution in [2.45, 2.75) is 56.5 Å². The molecule has 1 heterocycles. The number of aliphatic carboxylic acids is 1. The van der Waals surface area contributed by atoms with E-state index in [9.17, 15) is 34.5 Å². The second kappa shape index (κ2) is 15.0. The Hall–Kier alpha value is -5.20. The molecule has 4 rings (SSSR count). The number of amides is 3. The number of aromatic amines is 1. The summed E-state index contributed by atoms with van der Waals surface area (Å²) >= 11 is 0. The number of carboxylic acids is 1. The van der Waals surface area contributed by atoms with Gasteiger partial charge < -0.3 is 42.0 Å². The molecule has 0 aliphatic rings. The lowest BCUT2D eigenvalue weighted by Gasteiger charge is -2.26. The molecule has 12 nitrogen and oxygen atoms in total. The van der Waals surface area contributed by atoms with Gasteiger partial charge >= 0.3 is 5.97 Å². The summed E-state index contributed by atoms with van der Waals surface area (Å²) in [5, 5.41) is 38.2. The highest BCUT2D eigenvalue weighted by atomic mass is 16.4. The number of hydrogen-bond donors (Lipinski definition) is 8. The maximum Gasteiger partial charge on any atom is 0.326 e. The Morgan fingerprint density at radius 2 is 1.38 bits per heavy atom. The number of rotatable bonds is 14. The van der Waals surface area contributed by atoms with E-state index >= 15 is 0 Å². The smallest absolute Gasteiger partial charge is 0.326 e. The van der Waals surface area contributed by atoms with Crippen LogP contribution in [0.15, 0.2) is 85.1 Å². The molecule has 5 atom stereocenters. The van der Waals surface area contributed by atoms with E-state index in [0.29, 0.717) is 16.7 Å². The monoisotopic (exact) mass is 615 g/mol. The van der Waals surface area contributed by atoms with Crippen LogP contribution >= 0.6 is 0 Å². The Morgan fingerprint density at radius 3 is 2.04 bits per heavy atom. The minimum Gasteiger partial charge on any atom is -0.508 e. The molecule has 12 heteroatoms.